The number of carbonyl (C=O) groups is 1. The lowest BCUT2D eigenvalue weighted by Crippen LogP contribution is -2.06. The lowest BCUT2D eigenvalue weighted by molar-refractivity contribution is -0.142. The van der Waals surface area contributed by atoms with Crippen molar-refractivity contribution in [3.8, 4) is 0 Å². The van der Waals surface area contributed by atoms with Crippen LogP contribution in [0.5, 0.6) is 0 Å². The number of esters is 1. The second-order valence-electron chi connectivity index (χ2n) is 3.55. The highest BCUT2D eigenvalue weighted by Crippen LogP contribution is 2.12. The standard InChI is InChI=1S/C12H16O2S/c1-10(2)9-14-12(13)7-3-5-11-6-4-8-15-11/h4,6,8H,1,3,5,7,9H2,2H3. The van der Waals surface area contributed by atoms with E-state index in [4.69, 9.17) is 4.74 Å². The molecule has 0 atom stereocenters. The van der Waals surface area contributed by atoms with Gasteiger partial charge in [0.1, 0.15) is 6.61 Å². The Bertz CT molecular complexity index is 314. The molecule has 0 amide bonds. The molecule has 0 aliphatic heterocycles. The summed E-state index contributed by atoms with van der Waals surface area (Å²) in [6, 6.07) is 4.11. The van der Waals surface area contributed by atoms with Crippen LogP contribution in [0.25, 0.3) is 0 Å². The molecule has 0 aliphatic carbocycles. The van der Waals surface area contributed by atoms with E-state index in [0.29, 0.717) is 13.0 Å². The molecular formula is C12H16O2S. The molecule has 0 N–H and O–H groups in total. The number of carbonyl (C=O) groups excluding carboxylic acids is 1. The molecule has 0 aromatic carbocycles. The molecule has 3 heteroatoms. The van der Waals surface area contributed by atoms with E-state index in [1.54, 1.807) is 11.3 Å². The van der Waals surface area contributed by atoms with Crippen LogP contribution in [0.4, 0.5) is 0 Å². The number of ether oxygens (including phenoxy) is 1. The van der Waals surface area contributed by atoms with E-state index in [1.165, 1.54) is 4.88 Å². The van der Waals surface area contributed by atoms with Crippen LogP contribution in [0.2, 0.25) is 0 Å². The Morgan fingerprint density at radius 1 is 1.60 bits per heavy atom. The fourth-order valence-corrected chi connectivity index (χ4v) is 1.89. The molecule has 0 saturated heterocycles. The monoisotopic (exact) mass is 224 g/mol. The Kier molecular flexibility index (Phi) is 5.12. The Morgan fingerprint density at radius 3 is 3.00 bits per heavy atom. The van der Waals surface area contributed by atoms with Crippen LogP contribution in [0.1, 0.15) is 24.6 Å². The van der Waals surface area contributed by atoms with Crippen molar-refractivity contribution in [3.05, 3.63) is 34.5 Å². The average Bonchev–Trinajstić information content (AvgIpc) is 2.67. The number of hydrogen-bond acceptors (Lipinski definition) is 3. The summed E-state index contributed by atoms with van der Waals surface area (Å²) < 4.78 is 4.99. The number of aryl methyl sites for hydroxylation is 1. The summed E-state index contributed by atoms with van der Waals surface area (Å²) >= 11 is 1.73. The maximum atomic E-state index is 11.2. The Labute approximate surface area is 94.6 Å². The van der Waals surface area contributed by atoms with Crippen molar-refractivity contribution in [2.24, 2.45) is 0 Å². The highest BCUT2D eigenvalue weighted by Gasteiger charge is 2.03. The summed E-state index contributed by atoms with van der Waals surface area (Å²) in [6.07, 6.45) is 2.31. The number of rotatable bonds is 6. The molecule has 0 aliphatic rings. The van der Waals surface area contributed by atoms with Gasteiger partial charge in [0.15, 0.2) is 0 Å². The first-order valence-corrected chi connectivity index (χ1v) is 5.89. The van der Waals surface area contributed by atoms with Crippen molar-refractivity contribution in [1.29, 1.82) is 0 Å². The van der Waals surface area contributed by atoms with Crippen LogP contribution in [-0.2, 0) is 16.0 Å². The molecule has 1 heterocycles. The molecule has 1 aromatic rings. The van der Waals surface area contributed by atoms with Gasteiger partial charge in [-0.05, 0) is 36.8 Å². The zero-order chi connectivity index (χ0) is 11.1. The molecule has 0 unspecified atom stereocenters. The SMILES string of the molecule is C=C(C)COC(=O)CCCc1cccs1. The molecule has 0 bridgehead atoms. The predicted octanol–water partition coefficient (Wildman–Crippen LogP) is 3.19. The van der Waals surface area contributed by atoms with E-state index < -0.39 is 0 Å². The van der Waals surface area contributed by atoms with Crippen molar-refractivity contribution in [1.82, 2.24) is 0 Å². The van der Waals surface area contributed by atoms with E-state index >= 15 is 0 Å². The van der Waals surface area contributed by atoms with Crippen LogP contribution >= 0.6 is 11.3 Å². The first kappa shape index (κ1) is 12.0. The molecule has 0 fully saturated rings. The van der Waals surface area contributed by atoms with Gasteiger partial charge >= 0.3 is 5.97 Å². The van der Waals surface area contributed by atoms with Gasteiger partial charge in [-0.1, -0.05) is 12.6 Å². The zero-order valence-electron chi connectivity index (χ0n) is 8.99. The topological polar surface area (TPSA) is 26.3 Å². The smallest absolute Gasteiger partial charge is 0.306 e. The van der Waals surface area contributed by atoms with Gasteiger partial charge in [-0.2, -0.15) is 0 Å². The Morgan fingerprint density at radius 2 is 2.40 bits per heavy atom. The normalized spacial score (nSPS) is 9.93. The zero-order valence-corrected chi connectivity index (χ0v) is 9.81. The van der Waals surface area contributed by atoms with Crippen molar-refractivity contribution in [2.75, 3.05) is 6.61 Å². The maximum Gasteiger partial charge on any atom is 0.306 e. The van der Waals surface area contributed by atoms with E-state index in [-0.39, 0.29) is 5.97 Å². The fourth-order valence-electron chi connectivity index (χ4n) is 1.14. The van der Waals surface area contributed by atoms with Gasteiger partial charge in [-0.25, -0.2) is 0 Å². The third kappa shape index (κ3) is 5.37. The molecule has 0 radical (unpaired) electrons. The number of thiophene rings is 1. The van der Waals surface area contributed by atoms with Crippen molar-refractivity contribution >= 4 is 17.3 Å². The van der Waals surface area contributed by atoms with Gasteiger partial charge in [0, 0.05) is 11.3 Å². The summed E-state index contributed by atoms with van der Waals surface area (Å²) in [5, 5.41) is 2.05. The minimum atomic E-state index is -0.130. The highest BCUT2D eigenvalue weighted by atomic mass is 32.1. The van der Waals surface area contributed by atoms with Gasteiger partial charge in [0.2, 0.25) is 0 Å². The molecular weight excluding hydrogens is 208 g/mol. The molecule has 1 rings (SSSR count). The van der Waals surface area contributed by atoms with Gasteiger partial charge in [-0.15, -0.1) is 11.3 Å². The lowest BCUT2D eigenvalue weighted by Gasteiger charge is -2.03. The van der Waals surface area contributed by atoms with Crippen LogP contribution in [-0.4, -0.2) is 12.6 Å². The second-order valence-corrected chi connectivity index (χ2v) is 4.58. The average molecular weight is 224 g/mol. The van der Waals surface area contributed by atoms with Crippen LogP contribution in [0, 0.1) is 0 Å². The largest absolute Gasteiger partial charge is 0.461 e. The minimum absolute atomic E-state index is 0.130. The molecule has 1 aromatic heterocycles. The fraction of sp³-hybridized carbons (Fsp3) is 0.417. The van der Waals surface area contributed by atoms with E-state index in [2.05, 4.69) is 18.0 Å². The lowest BCUT2D eigenvalue weighted by atomic mass is 10.2. The third-order valence-corrected chi connectivity index (χ3v) is 2.80. The first-order valence-electron chi connectivity index (χ1n) is 5.01. The number of hydrogen-bond donors (Lipinski definition) is 0. The molecule has 82 valence electrons. The minimum Gasteiger partial charge on any atom is -0.461 e. The van der Waals surface area contributed by atoms with Crippen molar-refractivity contribution in [2.45, 2.75) is 26.2 Å². The van der Waals surface area contributed by atoms with Crippen LogP contribution < -0.4 is 0 Å². The summed E-state index contributed by atoms with van der Waals surface area (Å²) in [4.78, 5) is 12.5. The van der Waals surface area contributed by atoms with Gasteiger partial charge in [0.05, 0.1) is 0 Å². The summed E-state index contributed by atoms with van der Waals surface area (Å²) in [5.74, 6) is -0.130. The summed E-state index contributed by atoms with van der Waals surface area (Å²) in [6.45, 7) is 5.86. The quantitative estimate of drug-likeness (QED) is 0.548. The summed E-state index contributed by atoms with van der Waals surface area (Å²) in [5.41, 5.74) is 0.876. The molecule has 0 saturated carbocycles. The molecule has 15 heavy (non-hydrogen) atoms. The third-order valence-electron chi connectivity index (χ3n) is 1.86. The van der Waals surface area contributed by atoms with Gasteiger partial charge in [0.25, 0.3) is 0 Å². The van der Waals surface area contributed by atoms with Crippen molar-refractivity contribution in [3.63, 3.8) is 0 Å². The maximum absolute atomic E-state index is 11.2. The second kappa shape index (κ2) is 6.40. The Hall–Kier alpha value is -1.09. The molecule has 2 nitrogen and oxygen atoms in total. The van der Waals surface area contributed by atoms with E-state index in [9.17, 15) is 4.79 Å². The van der Waals surface area contributed by atoms with Crippen LogP contribution in [0.3, 0.4) is 0 Å². The van der Waals surface area contributed by atoms with E-state index in [1.807, 2.05) is 13.0 Å². The van der Waals surface area contributed by atoms with Gasteiger partial charge < -0.3 is 4.74 Å². The first-order chi connectivity index (χ1) is 7.18. The highest BCUT2D eigenvalue weighted by molar-refractivity contribution is 7.09. The Balaban J connectivity index is 2.09. The van der Waals surface area contributed by atoms with Crippen LogP contribution in [0.15, 0.2) is 29.7 Å². The van der Waals surface area contributed by atoms with Crippen molar-refractivity contribution < 1.29 is 9.53 Å². The van der Waals surface area contributed by atoms with E-state index in [0.717, 1.165) is 18.4 Å². The predicted molar refractivity (Wildman–Crippen MR) is 63.0 cm³/mol. The van der Waals surface area contributed by atoms with Gasteiger partial charge in [-0.3, -0.25) is 4.79 Å². The molecule has 0 spiro atoms. The summed E-state index contributed by atoms with van der Waals surface area (Å²) in [7, 11) is 0.